The fourth-order valence-electron chi connectivity index (χ4n) is 1.60. The van der Waals surface area contributed by atoms with Crippen LogP contribution in [0.4, 0.5) is 0 Å². The lowest BCUT2D eigenvalue weighted by molar-refractivity contribution is -0.133. The van der Waals surface area contributed by atoms with Crippen molar-refractivity contribution < 1.29 is 14.3 Å². The van der Waals surface area contributed by atoms with Crippen LogP contribution in [0.25, 0.3) is 0 Å². The zero-order valence-corrected chi connectivity index (χ0v) is 13.8. The minimum Gasteiger partial charge on any atom is -0.378 e. The Kier molecular flexibility index (Phi) is 11.7. The van der Waals surface area contributed by atoms with Crippen molar-refractivity contribution in [1.82, 2.24) is 10.2 Å². The zero-order valence-electron chi connectivity index (χ0n) is 13.8. The lowest BCUT2D eigenvalue weighted by Gasteiger charge is -2.19. The Morgan fingerprint density at radius 1 is 1.10 bits per heavy atom. The number of nitrogens with zero attached hydrogens (tertiary/aromatic N) is 1. The molecular weight excluding hydrogens is 256 g/mol. The number of nitrogens with one attached hydrogen (secondary N) is 1. The van der Waals surface area contributed by atoms with Gasteiger partial charge in [0.05, 0.1) is 26.4 Å². The van der Waals surface area contributed by atoms with Crippen LogP contribution in [0.15, 0.2) is 0 Å². The van der Waals surface area contributed by atoms with Gasteiger partial charge < -0.3 is 19.7 Å². The fraction of sp³-hybridized carbons (Fsp3) is 0.933. The van der Waals surface area contributed by atoms with Gasteiger partial charge in [0.2, 0.25) is 5.91 Å². The molecule has 0 aromatic heterocycles. The van der Waals surface area contributed by atoms with Gasteiger partial charge >= 0.3 is 0 Å². The number of rotatable bonds is 12. The van der Waals surface area contributed by atoms with Crippen molar-refractivity contribution in [3.05, 3.63) is 0 Å². The summed E-state index contributed by atoms with van der Waals surface area (Å²) in [6, 6.07) is 0.545. The second kappa shape index (κ2) is 12.1. The highest BCUT2D eigenvalue weighted by Crippen LogP contribution is 1.98. The van der Waals surface area contributed by atoms with Crippen LogP contribution in [0.3, 0.4) is 0 Å². The number of ether oxygens (including phenoxy) is 2. The standard InChI is InChI=1S/C15H32N2O3/c1-6-14(4)16-7-9-19-11-12-20-10-8-17(5)15(18)13(2)3/h13-14,16H,6-12H2,1-5H3. The smallest absolute Gasteiger partial charge is 0.224 e. The highest BCUT2D eigenvalue weighted by atomic mass is 16.5. The molecule has 20 heavy (non-hydrogen) atoms. The summed E-state index contributed by atoms with van der Waals surface area (Å²) in [5, 5.41) is 3.36. The molecule has 1 atom stereocenters. The zero-order chi connectivity index (χ0) is 15.4. The molecule has 1 N–H and O–H groups in total. The molecular formula is C15H32N2O3. The van der Waals surface area contributed by atoms with Crippen molar-refractivity contribution >= 4 is 5.91 Å². The molecule has 0 radical (unpaired) electrons. The number of carbonyl (C=O) groups is 1. The Balaban J connectivity index is 3.31. The first kappa shape index (κ1) is 19.4. The van der Waals surface area contributed by atoms with Crippen molar-refractivity contribution in [3.63, 3.8) is 0 Å². The molecule has 0 aliphatic heterocycles. The molecule has 5 heteroatoms. The van der Waals surface area contributed by atoms with E-state index < -0.39 is 0 Å². The van der Waals surface area contributed by atoms with E-state index in [-0.39, 0.29) is 11.8 Å². The van der Waals surface area contributed by atoms with Gasteiger partial charge in [-0.2, -0.15) is 0 Å². The fourth-order valence-corrected chi connectivity index (χ4v) is 1.60. The van der Waals surface area contributed by atoms with Gasteiger partial charge in [-0.05, 0) is 13.3 Å². The van der Waals surface area contributed by atoms with Crippen LogP contribution in [0.2, 0.25) is 0 Å². The summed E-state index contributed by atoms with van der Waals surface area (Å²) in [6.07, 6.45) is 1.13. The summed E-state index contributed by atoms with van der Waals surface area (Å²) in [7, 11) is 1.81. The molecule has 5 nitrogen and oxygen atoms in total. The molecule has 0 aromatic rings. The first-order chi connectivity index (χ1) is 9.49. The van der Waals surface area contributed by atoms with Gasteiger partial charge in [0.25, 0.3) is 0 Å². The maximum atomic E-state index is 11.6. The van der Waals surface area contributed by atoms with E-state index in [0.717, 1.165) is 13.0 Å². The van der Waals surface area contributed by atoms with Gasteiger partial charge in [0, 0.05) is 32.1 Å². The van der Waals surface area contributed by atoms with E-state index in [1.165, 1.54) is 0 Å². The van der Waals surface area contributed by atoms with Crippen molar-refractivity contribution in [2.45, 2.75) is 40.2 Å². The molecule has 0 fully saturated rings. The predicted molar refractivity (Wildman–Crippen MR) is 81.9 cm³/mol. The lowest BCUT2D eigenvalue weighted by Crippen LogP contribution is -2.33. The summed E-state index contributed by atoms with van der Waals surface area (Å²) >= 11 is 0. The van der Waals surface area contributed by atoms with E-state index in [9.17, 15) is 4.79 Å². The van der Waals surface area contributed by atoms with Crippen LogP contribution in [-0.4, -0.2) is 63.4 Å². The average Bonchev–Trinajstić information content (AvgIpc) is 2.43. The number of hydrogen-bond donors (Lipinski definition) is 1. The molecule has 0 heterocycles. The molecule has 0 bridgehead atoms. The van der Waals surface area contributed by atoms with Gasteiger partial charge in [-0.1, -0.05) is 20.8 Å². The van der Waals surface area contributed by atoms with Crippen LogP contribution < -0.4 is 5.32 Å². The third-order valence-corrected chi connectivity index (χ3v) is 3.16. The van der Waals surface area contributed by atoms with Gasteiger partial charge in [-0.15, -0.1) is 0 Å². The average molecular weight is 288 g/mol. The normalized spacial score (nSPS) is 12.7. The molecule has 1 unspecified atom stereocenters. The van der Waals surface area contributed by atoms with E-state index in [1.54, 1.807) is 4.90 Å². The number of carbonyl (C=O) groups excluding carboxylic acids is 1. The van der Waals surface area contributed by atoms with Crippen LogP contribution >= 0.6 is 0 Å². The number of likely N-dealkylation sites (N-methyl/N-ethyl adjacent to an activating group) is 1. The Labute approximate surface area is 124 Å². The molecule has 120 valence electrons. The molecule has 0 saturated heterocycles. The maximum Gasteiger partial charge on any atom is 0.224 e. The lowest BCUT2D eigenvalue weighted by atomic mass is 10.2. The minimum atomic E-state index is 0.0429. The quantitative estimate of drug-likeness (QED) is 0.553. The van der Waals surface area contributed by atoms with E-state index in [4.69, 9.17) is 9.47 Å². The predicted octanol–water partition coefficient (Wildman–Crippen LogP) is 1.52. The summed E-state index contributed by atoms with van der Waals surface area (Å²) in [4.78, 5) is 13.3. The Morgan fingerprint density at radius 3 is 2.25 bits per heavy atom. The minimum absolute atomic E-state index is 0.0429. The number of hydrogen-bond acceptors (Lipinski definition) is 4. The van der Waals surface area contributed by atoms with Crippen molar-refractivity contribution in [1.29, 1.82) is 0 Å². The number of amides is 1. The van der Waals surface area contributed by atoms with E-state index in [0.29, 0.717) is 39.0 Å². The monoisotopic (exact) mass is 288 g/mol. The third kappa shape index (κ3) is 10.2. The summed E-state index contributed by atoms with van der Waals surface area (Å²) in [5.74, 6) is 0.197. The third-order valence-electron chi connectivity index (χ3n) is 3.16. The molecule has 0 aromatic carbocycles. The Hall–Kier alpha value is -0.650. The molecule has 1 amide bonds. The Morgan fingerprint density at radius 2 is 1.70 bits per heavy atom. The van der Waals surface area contributed by atoms with Gasteiger partial charge in [0.15, 0.2) is 0 Å². The van der Waals surface area contributed by atoms with Gasteiger partial charge in [-0.3, -0.25) is 4.79 Å². The first-order valence-electron chi connectivity index (χ1n) is 7.62. The van der Waals surface area contributed by atoms with E-state index in [1.807, 2.05) is 20.9 Å². The highest BCUT2D eigenvalue weighted by Gasteiger charge is 2.11. The summed E-state index contributed by atoms with van der Waals surface area (Å²) in [5.41, 5.74) is 0. The van der Waals surface area contributed by atoms with Crippen LogP contribution in [-0.2, 0) is 14.3 Å². The topological polar surface area (TPSA) is 50.8 Å². The van der Waals surface area contributed by atoms with E-state index in [2.05, 4.69) is 19.2 Å². The van der Waals surface area contributed by atoms with Crippen LogP contribution in [0, 0.1) is 5.92 Å². The van der Waals surface area contributed by atoms with Gasteiger partial charge in [-0.25, -0.2) is 0 Å². The van der Waals surface area contributed by atoms with E-state index >= 15 is 0 Å². The molecule has 0 aliphatic rings. The van der Waals surface area contributed by atoms with Crippen molar-refractivity contribution in [3.8, 4) is 0 Å². The SMILES string of the molecule is CCC(C)NCCOCCOCCN(C)C(=O)C(C)C. The van der Waals surface area contributed by atoms with Crippen LogP contribution in [0.1, 0.15) is 34.1 Å². The Bertz CT molecular complexity index is 247. The van der Waals surface area contributed by atoms with Crippen molar-refractivity contribution in [2.75, 3.05) is 46.6 Å². The highest BCUT2D eigenvalue weighted by molar-refractivity contribution is 5.77. The second-order valence-corrected chi connectivity index (χ2v) is 5.40. The van der Waals surface area contributed by atoms with Gasteiger partial charge in [0.1, 0.15) is 0 Å². The first-order valence-corrected chi connectivity index (χ1v) is 7.62. The second-order valence-electron chi connectivity index (χ2n) is 5.40. The summed E-state index contributed by atoms with van der Waals surface area (Å²) in [6.45, 7) is 12.1. The molecule has 0 spiro atoms. The summed E-state index contributed by atoms with van der Waals surface area (Å²) < 4.78 is 10.9. The molecule has 0 rings (SSSR count). The van der Waals surface area contributed by atoms with Crippen molar-refractivity contribution in [2.24, 2.45) is 5.92 Å². The largest absolute Gasteiger partial charge is 0.378 e. The van der Waals surface area contributed by atoms with Crippen LogP contribution in [0.5, 0.6) is 0 Å². The molecule has 0 saturated carbocycles. The molecule has 0 aliphatic carbocycles. The maximum absolute atomic E-state index is 11.6.